The van der Waals surface area contributed by atoms with E-state index in [0.717, 1.165) is 4.68 Å². The number of pyridine rings is 1. The average Bonchev–Trinajstić information content (AvgIpc) is 3.51. The number of alkyl halides is 6. The highest BCUT2D eigenvalue weighted by Gasteiger charge is 2.40. The largest absolute Gasteiger partial charge is 0.416 e. The van der Waals surface area contributed by atoms with E-state index in [1.807, 2.05) is 20.8 Å². The lowest BCUT2D eigenvalue weighted by Gasteiger charge is -2.27. The van der Waals surface area contributed by atoms with Crippen LogP contribution in [-0.4, -0.2) is 40.7 Å². The van der Waals surface area contributed by atoms with E-state index < -0.39 is 57.8 Å². The van der Waals surface area contributed by atoms with E-state index in [0.29, 0.717) is 12.1 Å². The van der Waals surface area contributed by atoms with Crippen LogP contribution < -0.4 is 0 Å². The van der Waals surface area contributed by atoms with E-state index >= 15 is 0 Å². The van der Waals surface area contributed by atoms with Gasteiger partial charge in [-0.2, -0.15) is 26.3 Å². The highest BCUT2D eigenvalue weighted by molar-refractivity contribution is 6.35. The molecule has 8 nitrogen and oxygen atoms in total. The maximum absolute atomic E-state index is 14.0. The number of hydrogen-bond donors (Lipinski definition) is 0. The van der Waals surface area contributed by atoms with Crippen molar-refractivity contribution >= 4 is 38.7 Å². The Bertz CT molecular complexity index is 1660. The van der Waals surface area contributed by atoms with Crippen LogP contribution in [-0.2, 0) is 28.9 Å². The molecule has 0 atom stereocenters. The van der Waals surface area contributed by atoms with Crippen molar-refractivity contribution in [2.24, 2.45) is 0 Å². The molecule has 0 aliphatic carbocycles. The molecule has 4 aromatic rings. The summed E-state index contributed by atoms with van der Waals surface area (Å²) in [4.78, 5) is 18.1. The van der Waals surface area contributed by atoms with Gasteiger partial charge in [0.25, 0.3) is 0 Å². The first-order chi connectivity index (χ1) is 20.2. The Balaban J connectivity index is 1.80. The first-order valence-corrected chi connectivity index (χ1v) is 14.3. The van der Waals surface area contributed by atoms with E-state index in [9.17, 15) is 31.1 Å². The Labute approximate surface area is 259 Å². The zero-order valence-corrected chi connectivity index (χ0v) is 26.2. The van der Waals surface area contributed by atoms with E-state index in [1.54, 1.807) is 13.8 Å². The fourth-order valence-corrected chi connectivity index (χ4v) is 4.98. The number of nitrogens with zero attached hydrogens (tertiary/aromatic N) is 5. The Kier molecular flexibility index (Phi) is 9.10. The number of hydrogen-bond acceptors (Lipinski definition) is 7. The monoisotopic (exact) mass is 677 g/mol. The van der Waals surface area contributed by atoms with Crippen molar-refractivity contribution in [3.8, 4) is 11.3 Å². The van der Waals surface area contributed by atoms with Gasteiger partial charge in [0.15, 0.2) is 16.6 Å². The van der Waals surface area contributed by atoms with Crippen molar-refractivity contribution < 1.29 is 40.1 Å². The fourth-order valence-electron chi connectivity index (χ4n) is 3.92. The van der Waals surface area contributed by atoms with Crippen LogP contribution in [0.5, 0.6) is 0 Å². The molecule has 0 saturated heterocycles. The standard InChI is InChI=1S/C27H23Cl2F6N5O3Si/c1-24(2,3)44-43-25(4,5)22-18(19(38-42-22)16-11-36-7-6-17(16)28)21(41)20-23(29)40(39-37-20)12-13-8-14(26(30,31)32)10-15(9-13)27(33,34)35/h6-11H,12H2,1-5H3. The smallest absolute Gasteiger partial charge is 0.405 e. The van der Waals surface area contributed by atoms with Crippen LogP contribution in [0.3, 0.4) is 0 Å². The number of rotatable bonds is 8. The molecular weight excluding hydrogens is 655 g/mol. The topological polar surface area (TPSA) is 95.9 Å². The van der Waals surface area contributed by atoms with Crippen molar-refractivity contribution in [3.63, 3.8) is 0 Å². The van der Waals surface area contributed by atoms with Gasteiger partial charge in [-0.1, -0.05) is 54.3 Å². The van der Waals surface area contributed by atoms with Crippen LogP contribution in [0, 0.1) is 0 Å². The maximum Gasteiger partial charge on any atom is 0.416 e. The Hall–Kier alpha value is -3.27. The molecular formula is C27H23Cl2F6N5O3Si. The molecule has 234 valence electrons. The summed E-state index contributed by atoms with van der Waals surface area (Å²) < 4.78 is 92.8. The lowest BCUT2D eigenvalue weighted by molar-refractivity contribution is -0.143. The molecule has 3 heterocycles. The molecule has 0 aliphatic heterocycles. The van der Waals surface area contributed by atoms with Crippen LogP contribution in [0.4, 0.5) is 26.3 Å². The van der Waals surface area contributed by atoms with Crippen molar-refractivity contribution in [1.82, 2.24) is 25.1 Å². The van der Waals surface area contributed by atoms with Gasteiger partial charge in [0.1, 0.15) is 11.3 Å². The Morgan fingerprint density at radius 1 is 1.00 bits per heavy atom. The summed E-state index contributed by atoms with van der Waals surface area (Å²) in [5, 5.41) is 11.1. The number of carbonyl (C=O) groups excluding carboxylic acids is 1. The summed E-state index contributed by atoms with van der Waals surface area (Å²) in [7, 11) is -0.0326. The molecule has 3 aromatic heterocycles. The number of ketones is 1. The SMILES string of the molecule is CC(C)(C)[Si]OC(C)(C)c1onc(-c2cnccc2Cl)c1C(=O)c1nnn(Cc2cc(C(F)(F)F)cc(C(F)(F)F)c2)c1Cl. The molecule has 2 radical (unpaired) electrons. The molecule has 4 rings (SSSR count). The molecule has 0 unspecified atom stereocenters. The van der Waals surface area contributed by atoms with E-state index in [1.165, 1.54) is 18.5 Å². The first kappa shape index (κ1) is 33.6. The number of aromatic nitrogens is 5. The molecule has 0 spiro atoms. The molecule has 1 aromatic carbocycles. The van der Waals surface area contributed by atoms with Crippen molar-refractivity contribution in [2.75, 3.05) is 0 Å². The summed E-state index contributed by atoms with van der Waals surface area (Å²) in [6, 6.07) is 2.54. The van der Waals surface area contributed by atoms with Crippen LogP contribution in [0.25, 0.3) is 11.3 Å². The second-order valence-corrected chi connectivity index (χ2v) is 13.9. The highest BCUT2D eigenvalue weighted by Crippen LogP contribution is 2.40. The molecule has 17 heteroatoms. The van der Waals surface area contributed by atoms with E-state index in [-0.39, 0.29) is 48.5 Å². The molecule has 0 aliphatic rings. The molecule has 0 amide bonds. The van der Waals surface area contributed by atoms with Crippen molar-refractivity contribution in [3.05, 3.63) is 80.5 Å². The van der Waals surface area contributed by atoms with Gasteiger partial charge in [-0.15, -0.1) is 5.10 Å². The van der Waals surface area contributed by atoms with Gasteiger partial charge in [0.05, 0.1) is 28.3 Å². The summed E-state index contributed by atoms with van der Waals surface area (Å²) >= 11 is 12.8. The summed E-state index contributed by atoms with van der Waals surface area (Å²) in [5.74, 6) is -0.865. The van der Waals surface area contributed by atoms with Crippen LogP contribution in [0.2, 0.25) is 15.2 Å². The molecule has 0 fully saturated rings. The maximum atomic E-state index is 14.0. The summed E-state index contributed by atoms with van der Waals surface area (Å²) in [5.41, 5.74) is -5.06. The molecule has 0 saturated carbocycles. The quantitative estimate of drug-likeness (QED) is 0.106. The normalized spacial score (nSPS) is 13.0. The second-order valence-electron chi connectivity index (χ2n) is 11.2. The van der Waals surface area contributed by atoms with E-state index in [4.69, 9.17) is 32.2 Å². The predicted molar refractivity (Wildman–Crippen MR) is 148 cm³/mol. The Morgan fingerprint density at radius 2 is 1.61 bits per heavy atom. The average molecular weight is 678 g/mol. The van der Waals surface area contributed by atoms with Gasteiger partial charge < -0.3 is 8.95 Å². The third-order valence-electron chi connectivity index (χ3n) is 5.97. The first-order valence-electron chi connectivity index (χ1n) is 12.7. The lowest BCUT2D eigenvalue weighted by atomic mass is 9.94. The van der Waals surface area contributed by atoms with Gasteiger partial charge in [0.2, 0.25) is 15.5 Å². The minimum atomic E-state index is -5.06. The number of carbonyl (C=O) groups is 1. The number of halogens is 8. The molecule has 44 heavy (non-hydrogen) atoms. The Morgan fingerprint density at radius 3 is 2.16 bits per heavy atom. The highest BCUT2D eigenvalue weighted by atomic mass is 35.5. The van der Waals surface area contributed by atoms with Crippen LogP contribution in [0.1, 0.15) is 73.1 Å². The van der Waals surface area contributed by atoms with Crippen LogP contribution >= 0.6 is 23.2 Å². The van der Waals surface area contributed by atoms with Gasteiger partial charge in [-0.3, -0.25) is 9.78 Å². The van der Waals surface area contributed by atoms with Crippen molar-refractivity contribution in [2.45, 2.75) is 64.2 Å². The zero-order chi connectivity index (χ0) is 32.8. The third kappa shape index (κ3) is 7.33. The molecule has 0 N–H and O–H groups in total. The summed E-state index contributed by atoms with van der Waals surface area (Å²) in [6.45, 7) is 8.51. The van der Waals surface area contributed by atoms with Crippen LogP contribution in [0.15, 0.2) is 41.2 Å². The predicted octanol–water partition coefficient (Wildman–Crippen LogP) is 8.04. The number of benzene rings is 1. The minimum Gasteiger partial charge on any atom is -0.405 e. The zero-order valence-electron chi connectivity index (χ0n) is 23.7. The lowest BCUT2D eigenvalue weighted by Crippen LogP contribution is -2.29. The fraction of sp³-hybridized carbons (Fsp3) is 0.370. The summed E-state index contributed by atoms with van der Waals surface area (Å²) in [6.07, 6.45) is -7.33. The third-order valence-corrected chi connectivity index (χ3v) is 7.90. The van der Waals surface area contributed by atoms with Gasteiger partial charge in [-0.05, 0) is 48.7 Å². The van der Waals surface area contributed by atoms with Crippen molar-refractivity contribution in [1.29, 1.82) is 0 Å². The van der Waals surface area contributed by atoms with Gasteiger partial charge in [-0.25, -0.2) is 4.68 Å². The van der Waals surface area contributed by atoms with Gasteiger partial charge >= 0.3 is 12.4 Å². The van der Waals surface area contributed by atoms with Gasteiger partial charge in [0, 0.05) is 18.0 Å². The van der Waals surface area contributed by atoms with E-state index in [2.05, 4.69) is 20.5 Å². The minimum absolute atomic E-state index is 0.00395. The second kappa shape index (κ2) is 11.9. The molecule has 0 bridgehead atoms.